The quantitative estimate of drug-likeness (QED) is 0.860. The lowest BCUT2D eigenvalue weighted by atomic mass is 10.2. The number of hydrogen-bond donors (Lipinski definition) is 1. The number of amides is 1. The number of nitrogens with one attached hydrogen (secondary N) is 1. The SMILES string of the molecule is CNC(=O)[C@@H](C)Oc1ccc(Cl)c(C)c1. The Balaban J connectivity index is 2.73. The van der Waals surface area contributed by atoms with Crippen LogP contribution in [0.2, 0.25) is 5.02 Å². The first-order valence-electron chi connectivity index (χ1n) is 4.69. The molecular formula is C11H14ClNO2. The third kappa shape index (κ3) is 3.13. The molecule has 0 aliphatic heterocycles. The summed E-state index contributed by atoms with van der Waals surface area (Å²) in [5.41, 5.74) is 0.929. The number of benzene rings is 1. The van der Waals surface area contributed by atoms with Crippen LogP contribution in [-0.2, 0) is 4.79 Å². The van der Waals surface area contributed by atoms with Crippen LogP contribution >= 0.6 is 11.6 Å². The molecule has 3 nitrogen and oxygen atoms in total. The van der Waals surface area contributed by atoms with Crippen LogP contribution in [0.25, 0.3) is 0 Å². The van der Waals surface area contributed by atoms with Crippen molar-refractivity contribution in [1.82, 2.24) is 5.32 Å². The highest BCUT2D eigenvalue weighted by atomic mass is 35.5. The highest BCUT2D eigenvalue weighted by Gasteiger charge is 2.12. The second-order valence-electron chi connectivity index (χ2n) is 3.29. The summed E-state index contributed by atoms with van der Waals surface area (Å²) in [6, 6.07) is 5.30. The van der Waals surface area contributed by atoms with Gasteiger partial charge >= 0.3 is 0 Å². The van der Waals surface area contributed by atoms with Gasteiger partial charge in [-0.3, -0.25) is 4.79 Å². The molecule has 82 valence electrons. The summed E-state index contributed by atoms with van der Waals surface area (Å²) in [7, 11) is 1.58. The van der Waals surface area contributed by atoms with Gasteiger partial charge in [0.25, 0.3) is 5.91 Å². The average molecular weight is 228 g/mol. The molecule has 0 saturated heterocycles. The fourth-order valence-electron chi connectivity index (χ4n) is 1.15. The van der Waals surface area contributed by atoms with Crippen molar-refractivity contribution in [2.45, 2.75) is 20.0 Å². The van der Waals surface area contributed by atoms with E-state index < -0.39 is 6.10 Å². The standard InChI is InChI=1S/C11H14ClNO2/c1-7-6-9(4-5-10(7)12)15-8(2)11(14)13-3/h4-6,8H,1-3H3,(H,13,14)/t8-/m1/s1. The molecule has 1 amide bonds. The van der Waals surface area contributed by atoms with Crippen molar-refractivity contribution in [3.8, 4) is 5.75 Å². The Hall–Kier alpha value is -1.22. The van der Waals surface area contributed by atoms with Gasteiger partial charge in [-0.15, -0.1) is 0 Å². The first-order valence-corrected chi connectivity index (χ1v) is 5.06. The Labute approximate surface area is 94.4 Å². The summed E-state index contributed by atoms with van der Waals surface area (Å²) < 4.78 is 5.43. The minimum atomic E-state index is -0.504. The van der Waals surface area contributed by atoms with Crippen LogP contribution in [0.4, 0.5) is 0 Å². The normalized spacial score (nSPS) is 12.0. The van der Waals surface area contributed by atoms with Gasteiger partial charge in [0.1, 0.15) is 5.75 Å². The fraction of sp³-hybridized carbons (Fsp3) is 0.364. The molecule has 0 unspecified atom stereocenters. The largest absolute Gasteiger partial charge is 0.481 e. The highest BCUT2D eigenvalue weighted by molar-refractivity contribution is 6.31. The van der Waals surface area contributed by atoms with Gasteiger partial charge in [-0.25, -0.2) is 0 Å². The summed E-state index contributed by atoms with van der Waals surface area (Å²) in [5.74, 6) is 0.496. The Bertz CT molecular complexity index is 366. The second-order valence-corrected chi connectivity index (χ2v) is 3.69. The molecule has 0 radical (unpaired) electrons. The van der Waals surface area contributed by atoms with Crippen LogP contribution in [-0.4, -0.2) is 19.1 Å². The van der Waals surface area contributed by atoms with Crippen LogP contribution in [0.3, 0.4) is 0 Å². The highest BCUT2D eigenvalue weighted by Crippen LogP contribution is 2.21. The lowest BCUT2D eigenvalue weighted by molar-refractivity contribution is -0.126. The lowest BCUT2D eigenvalue weighted by Crippen LogP contribution is -2.33. The van der Waals surface area contributed by atoms with Crippen LogP contribution in [0.1, 0.15) is 12.5 Å². The molecule has 1 N–H and O–H groups in total. The van der Waals surface area contributed by atoms with Crippen molar-refractivity contribution in [3.63, 3.8) is 0 Å². The number of likely N-dealkylation sites (N-methyl/N-ethyl adjacent to an activating group) is 1. The van der Waals surface area contributed by atoms with Gasteiger partial charge in [0, 0.05) is 12.1 Å². The van der Waals surface area contributed by atoms with Crippen LogP contribution in [0, 0.1) is 6.92 Å². The Morgan fingerprint density at radius 3 is 2.73 bits per heavy atom. The Morgan fingerprint density at radius 1 is 1.53 bits per heavy atom. The molecule has 15 heavy (non-hydrogen) atoms. The molecule has 0 saturated carbocycles. The fourth-order valence-corrected chi connectivity index (χ4v) is 1.27. The van der Waals surface area contributed by atoms with Crippen molar-refractivity contribution in [2.75, 3.05) is 7.05 Å². The maximum Gasteiger partial charge on any atom is 0.260 e. The molecular weight excluding hydrogens is 214 g/mol. The van der Waals surface area contributed by atoms with Gasteiger partial charge in [0.2, 0.25) is 0 Å². The molecule has 0 fully saturated rings. The average Bonchev–Trinajstić information content (AvgIpc) is 2.22. The first kappa shape index (κ1) is 11.9. The number of halogens is 1. The van der Waals surface area contributed by atoms with Crippen molar-refractivity contribution in [1.29, 1.82) is 0 Å². The first-order chi connectivity index (χ1) is 7.04. The molecule has 0 aliphatic rings. The summed E-state index contributed by atoms with van der Waals surface area (Å²) >= 11 is 5.87. The van der Waals surface area contributed by atoms with E-state index in [2.05, 4.69) is 5.32 Å². The third-order valence-electron chi connectivity index (χ3n) is 2.06. The van der Waals surface area contributed by atoms with Crippen LogP contribution in [0.5, 0.6) is 5.75 Å². The topological polar surface area (TPSA) is 38.3 Å². The Kier molecular flexibility index (Phi) is 3.97. The zero-order valence-electron chi connectivity index (χ0n) is 9.00. The van der Waals surface area contributed by atoms with Crippen molar-refractivity contribution in [2.24, 2.45) is 0 Å². The van der Waals surface area contributed by atoms with Gasteiger partial charge in [0.15, 0.2) is 6.10 Å². The number of ether oxygens (including phenoxy) is 1. The minimum absolute atomic E-state index is 0.150. The predicted octanol–water partition coefficient (Wildman–Crippen LogP) is 2.16. The maximum absolute atomic E-state index is 11.2. The van der Waals surface area contributed by atoms with Gasteiger partial charge in [-0.1, -0.05) is 11.6 Å². The van der Waals surface area contributed by atoms with E-state index in [0.29, 0.717) is 10.8 Å². The van der Waals surface area contributed by atoms with E-state index in [-0.39, 0.29) is 5.91 Å². The molecule has 0 bridgehead atoms. The summed E-state index contributed by atoms with van der Waals surface area (Å²) in [6.45, 7) is 3.59. The molecule has 1 atom stereocenters. The Morgan fingerprint density at radius 2 is 2.20 bits per heavy atom. The van der Waals surface area contributed by atoms with E-state index in [1.54, 1.807) is 26.1 Å². The van der Waals surface area contributed by atoms with E-state index in [9.17, 15) is 4.79 Å². The summed E-state index contributed by atoms with van der Waals surface area (Å²) in [4.78, 5) is 11.2. The minimum Gasteiger partial charge on any atom is -0.481 e. The monoisotopic (exact) mass is 227 g/mol. The van der Waals surface area contributed by atoms with E-state index in [0.717, 1.165) is 5.56 Å². The third-order valence-corrected chi connectivity index (χ3v) is 2.48. The lowest BCUT2D eigenvalue weighted by Gasteiger charge is -2.13. The molecule has 0 aromatic heterocycles. The van der Waals surface area contributed by atoms with Crippen molar-refractivity contribution < 1.29 is 9.53 Å². The van der Waals surface area contributed by atoms with E-state index >= 15 is 0 Å². The second kappa shape index (κ2) is 5.03. The molecule has 0 spiro atoms. The van der Waals surface area contributed by atoms with E-state index in [1.807, 2.05) is 13.0 Å². The molecule has 0 aliphatic carbocycles. The molecule has 0 heterocycles. The number of hydrogen-bond acceptors (Lipinski definition) is 2. The number of carbonyl (C=O) groups is 1. The molecule has 4 heteroatoms. The van der Waals surface area contributed by atoms with E-state index in [1.165, 1.54) is 0 Å². The van der Waals surface area contributed by atoms with Gasteiger partial charge in [-0.05, 0) is 37.6 Å². The zero-order chi connectivity index (χ0) is 11.4. The summed E-state index contributed by atoms with van der Waals surface area (Å²) in [5, 5.41) is 3.21. The zero-order valence-corrected chi connectivity index (χ0v) is 9.76. The smallest absolute Gasteiger partial charge is 0.260 e. The van der Waals surface area contributed by atoms with Crippen molar-refractivity contribution in [3.05, 3.63) is 28.8 Å². The van der Waals surface area contributed by atoms with E-state index in [4.69, 9.17) is 16.3 Å². The number of aryl methyl sites for hydroxylation is 1. The molecule has 1 aromatic rings. The predicted molar refractivity (Wildman–Crippen MR) is 60.3 cm³/mol. The number of rotatable bonds is 3. The van der Waals surface area contributed by atoms with Crippen LogP contribution < -0.4 is 10.1 Å². The van der Waals surface area contributed by atoms with Crippen LogP contribution in [0.15, 0.2) is 18.2 Å². The van der Waals surface area contributed by atoms with Gasteiger partial charge in [-0.2, -0.15) is 0 Å². The van der Waals surface area contributed by atoms with Crippen molar-refractivity contribution >= 4 is 17.5 Å². The van der Waals surface area contributed by atoms with Gasteiger partial charge in [0.05, 0.1) is 0 Å². The summed E-state index contributed by atoms with van der Waals surface area (Å²) in [6.07, 6.45) is -0.504. The molecule has 1 aromatic carbocycles. The van der Waals surface area contributed by atoms with Gasteiger partial charge < -0.3 is 10.1 Å². The number of carbonyl (C=O) groups excluding carboxylic acids is 1. The molecule has 1 rings (SSSR count). The maximum atomic E-state index is 11.2.